The lowest BCUT2D eigenvalue weighted by Crippen LogP contribution is -2.07. The maximum absolute atomic E-state index is 5.78. The molecule has 0 aliphatic heterocycles. The molecule has 1 aromatic rings. The molecule has 0 spiro atoms. The molecule has 0 amide bonds. The van der Waals surface area contributed by atoms with E-state index in [1.54, 1.807) is 0 Å². The summed E-state index contributed by atoms with van der Waals surface area (Å²) < 4.78 is 5.78. The number of rotatable bonds is 2. The summed E-state index contributed by atoms with van der Waals surface area (Å²) in [6.07, 6.45) is 7.25. The van der Waals surface area contributed by atoms with E-state index in [9.17, 15) is 0 Å². The lowest BCUT2D eigenvalue weighted by Gasteiger charge is -2.17. The smallest absolute Gasteiger partial charge is 0.127 e. The van der Waals surface area contributed by atoms with Gasteiger partial charge in [0.05, 0.1) is 0 Å². The van der Waals surface area contributed by atoms with E-state index < -0.39 is 0 Å². The summed E-state index contributed by atoms with van der Waals surface area (Å²) in [7, 11) is 0. The number of ether oxygens (including phenoxy) is 1. The molecule has 0 fully saturated rings. The molecule has 2 N–H and O–H groups in total. The van der Waals surface area contributed by atoms with Crippen molar-refractivity contribution in [2.45, 2.75) is 13.3 Å². The van der Waals surface area contributed by atoms with E-state index in [0.29, 0.717) is 5.92 Å². The topological polar surface area (TPSA) is 35.2 Å². The van der Waals surface area contributed by atoms with Gasteiger partial charge in [-0.1, -0.05) is 19.1 Å². The normalized spacial score (nSPS) is 19.8. The minimum atomic E-state index is 0.451. The maximum Gasteiger partial charge on any atom is 0.127 e. The molecule has 0 aromatic heterocycles. The van der Waals surface area contributed by atoms with Crippen molar-refractivity contribution in [3.8, 4) is 5.75 Å². The second kappa shape index (κ2) is 4.22. The fourth-order valence-corrected chi connectivity index (χ4v) is 1.53. The van der Waals surface area contributed by atoms with Crippen molar-refractivity contribution in [3.05, 3.63) is 48.3 Å². The van der Waals surface area contributed by atoms with Crippen LogP contribution in [0.5, 0.6) is 5.75 Å². The van der Waals surface area contributed by atoms with Crippen LogP contribution in [0.15, 0.2) is 48.3 Å². The standard InChI is InChI=1S/C13H15NO/c1-10-4-2-3-5-13(10)15-12-8-6-11(14)7-9-12/h2-3,5-10H,4,14H2,1H3. The second-order valence-electron chi connectivity index (χ2n) is 3.81. The van der Waals surface area contributed by atoms with Crippen LogP contribution in [0.4, 0.5) is 5.69 Å². The van der Waals surface area contributed by atoms with Gasteiger partial charge in [-0.2, -0.15) is 0 Å². The Morgan fingerprint density at radius 1 is 1.27 bits per heavy atom. The number of hydrogen-bond donors (Lipinski definition) is 1. The molecular weight excluding hydrogens is 186 g/mol. The average molecular weight is 201 g/mol. The molecule has 0 saturated heterocycles. The minimum Gasteiger partial charge on any atom is -0.461 e. The summed E-state index contributed by atoms with van der Waals surface area (Å²) in [4.78, 5) is 0. The summed E-state index contributed by atoms with van der Waals surface area (Å²) in [5.74, 6) is 2.31. The Hall–Kier alpha value is -1.70. The highest BCUT2D eigenvalue weighted by molar-refractivity contribution is 5.42. The zero-order chi connectivity index (χ0) is 10.7. The van der Waals surface area contributed by atoms with E-state index in [1.165, 1.54) is 0 Å². The van der Waals surface area contributed by atoms with Gasteiger partial charge >= 0.3 is 0 Å². The quantitative estimate of drug-likeness (QED) is 0.746. The number of benzene rings is 1. The van der Waals surface area contributed by atoms with Gasteiger partial charge in [0.1, 0.15) is 11.5 Å². The second-order valence-corrected chi connectivity index (χ2v) is 3.81. The largest absolute Gasteiger partial charge is 0.461 e. The number of allylic oxidation sites excluding steroid dienone is 4. The summed E-state index contributed by atoms with van der Waals surface area (Å²) in [5.41, 5.74) is 6.36. The first-order valence-electron chi connectivity index (χ1n) is 5.16. The van der Waals surface area contributed by atoms with Crippen LogP contribution in [-0.2, 0) is 0 Å². The Balaban J connectivity index is 2.11. The van der Waals surface area contributed by atoms with E-state index in [-0.39, 0.29) is 0 Å². The molecule has 2 heteroatoms. The van der Waals surface area contributed by atoms with Crippen LogP contribution in [0, 0.1) is 5.92 Å². The molecule has 1 aromatic carbocycles. The lowest BCUT2D eigenvalue weighted by atomic mass is 10.0. The van der Waals surface area contributed by atoms with Gasteiger partial charge in [0, 0.05) is 11.6 Å². The van der Waals surface area contributed by atoms with E-state index >= 15 is 0 Å². The van der Waals surface area contributed by atoms with Crippen LogP contribution >= 0.6 is 0 Å². The first-order chi connectivity index (χ1) is 7.25. The van der Waals surface area contributed by atoms with Gasteiger partial charge in [-0.3, -0.25) is 0 Å². The van der Waals surface area contributed by atoms with Crippen molar-refractivity contribution < 1.29 is 4.74 Å². The number of hydrogen-bond acceptors (Lipinski definition) is 2. The Labute approximate surface area is 90.1 Å². The predicted molar refractivity (Wildman–Crippen MR) is 62.5 cm³/mol. The van der Waals surface area contributed by atoms with Crippen molar-refractivity contribution in [1.82, 2.24) is 0 Å². The Bertz CT molecular complexity index is 390. The summed E-state index contributed by atoms with van der Waals surface area (Å²) >= 11 is 0. The highest BCUT2D eigenvalue weighted by atomic mass is 16.5. The first-order valence-corrected chi connectivity index (χ1v) is 5.16. The number of nitrogen functional groups attached to an aromatic ring is 1. The fraction of sp³-hybridized carbons (Fsp3) is 0.231. The molecule has 0 radical (unpaired) electrons. The molecule has 0 bridgehead atoms. The molecule has 15 heavy (non-hydrogen) atoms. The van der Waals surface area contributed by atoms with E-state index in [2.05, 4.69) is 13.0 Å². The molecule has 1 aliphatic rings. The molecular formula is C13H15NO. The third-order valence-corrected chi connectivity index (χ3v) is 2.49. The van der Waals surface area contributed by atoms with Crippen molar-refractivity contribution in [3.63, 3.8) is 0 Å². The van der Waals surface area contributed by atoms with Crippen LogP contribution in [-0.4, -0.2) is 0 Å². The predicted octanol–water partition coefficient (Wildman–Crippen LogP) is 3.13. The molecule has 2 nitrogen and oxygen atoms in total. The summed E-state index contributed by atoms with van der Waals surface area (Å²) in [5, 5.41) is 0. The Morgan fingerprint density at radius 3 is 2.67 bits per heavy atom. The SMILES string of the molecule is CC1CC=CC=C1Oc1ccc(N)cc1. The van der Waals surface area contributed by atoms with Crippen molar-refractivity contribution >= 4 is 5.69 Å². The van der Waals surface area contributed by atoms with Gasteiger partial charge < -0.3 is 10.5 Å². The fourth-order valence-electron chi connectivity index (χ4n) is 1.53. The van der Waals surface area contributed by atoms with Crippen molar-refractivity contribution in [2.75, 3.05) is 5.73 Å². The lowest BCUT2D eigenvalue weighted by molar-refractivity contribution is 0.356. The molecule has 0 heterocycles. The number of anilines is 1. The Morgan fingerprint density at radius 2 is 2.00 bits per heavy atom. The molecule has 1 atom stereocenters. The minimum absolute atomic E-state index is 0.451. The summed E-state index contributed by atoms with van der Waals surface area (Å²) in [6, 6.07) is 7.47. The van der Waals surface area contributed by atoms with Gasteiger partial charge in [0.25, 0.3) is 0 Å². The first kappa shape index (κ1) is 9.84. The van der Waals surface area contributed by atoms with Crippen LogP contribution in [0.1, 0.15) is 13.3 Å². The molecule has 2 rings (SSSR count). The summed E-state index contributed by atoms with van der Waals surface area (Å²) in [6.45, 7) is 2.16. The third-order valence-electron chi connectivity index (χ3n) is 2.49. The van der Waals surface area contributed by atoms with Gasteiger partial charge in [-0.25, -0.2) is 0 Å². The van der Waals surface area contributed by atoms with Crippen LogP contribution in [0.25, 0.3) is 0 Å². The molecule has 1 aliphatic carbocycles. The van der Waals surface area contributed by atoms with E-state index in [1.807, 2.05) is 36.4 Å². The molecule has 1 unspecified atom stereocenters. The van der Waals surface area contributed by atoms with Crippen LogP contribution in [0.2, 0.25) is 0 Å². The third kappa shape index (κ3) is 2.40. The number of nitrogens with two attached hydrogens (primary N) is 1. The Kier molecular flexibility index (Phi) is 2.77. The highest BCUT2D eigenvalue weighted by Crippen LogP contribution is 2.24. The maximum atomic E-state index is 5.78. The van der Waals surface area contributed by atoms with Gasteiger partial charge in [0.2, 0.25) is 0 Å². The van der Waals surface area contributed by atoms with Gasteiger partial charge in [-0.15, -0.1) is 0 Å². The molecule has 0 saturated carbocycles. The van der Waals surface area contributed by atoms with E-state index in [0.717, 1.165) is 23.6 Å². The highest BCUT2D eigenvalue weighted by Gasteiger charge is 2.11. The zero-order valence-corrected chi connectivity index (χ0v) is 8.81. The zero-order valence-electron chi connectivity index (χ0n) is 8.81. The van der Waals surface area contributed by atoms with Crippen LogP contribution < -0.4 is 10.5 Å². The van der Waals surface area contributed by atoms with Gasteiger partial charge in [-0.05, 0) is 36.8 Å². The van der Waals surface area contributed by atoms with Gasteiger partial charge in [0.15, 0.2) is 0 Å². The van der Waals surface area contributed by atoms with Crippen LogP contribution in [0.3, 0.4) is 0 Å². The monoisotopic (exact) mass is 201 g/mol. The van der Waals surface area contributed by atoms with Crippen molar-refractivity contribution in [1.29, 1.82) is 0 Å². The average Bonchev–Trinajstić information content (AvgIpc) is 2.25. The van der Waals surface area contributed by atoms with E-state index in [4.69, 9.17) is 10.5 Å². The molecule has 78 valence electrons. The van der Waals surface area contributed by atoms with Crippen molar-refractivity contribution in [2.24, 2.45) is 5.92 Å².